The van der Waals surface area contributed by atoms with Gasteiger partial charge in [0.2, 0.25) is 5.95 Å². The Bertz CT molecular complexity index is 592. The van der Waals surface area contributed by atoms with Crippen LogP contribution in [0, 0.1) is 0 Å². The Labute approximate surface area is 116 Å². The van der Waals surface area contributed by atoms with Gasteiger partial charge in [0.25, 0.3) is 5.56 Å². The van der Waals surface area contributed by atoms with Crippen molar-refractivity contribution in [2.24, 2.45) is 0 Å². The summed E-state index contributed by atoms with van der Waals surface area (Å²) in [7, 11) is 0. The number of aromatic nitrogens is 2. The van der Waals surface area contributed by atoms with E-state index in [4.69, 9.17) is 11.6 Å². The fraction of sp³-hybridized carbons (Fsp3) is 0.286. The maximum Gasteiger partial charge on any atom is 0.252 e. The van der Waals surface area contributed by atoms with Crippen LogP contribution in [0.5, 0.6) is 0 Å². The average molecular weight is 278 g/mol. The first-order valence-electron chi connectivity index (χ1n) is 6.26. The Balaban J connectivity index is 1.93. The van der Waals surface area contributed by atoms with E-state index in [0.717, 1.165) is 23.6 Å². The van der Waals surface area contributed by atoms with Crippen LogP contribution in [-0.4, -0.2) is 16.5 Å². The molecule has 0 fully saturated rings. The Hall–Kier alpha value is -1.81. The first-order valence-corrected chi connectivity index (χ1v) is 6.63. The molecule has 0 aliphatic carbocycles. The second-order valence-corrected chi connectivity index (χ2v) is 4.68. The molecule has 0 saturated heterocycles. The lowest BCUT2D eigenvalue weighted by molar-refractivity contribution is 0.939. The zero-order chi connectivity index (χ0) is 13.7. The Morgan fingerprint density at radius 2 is 2.05 bits per heavy atom. The van der Waals surface area contributed by atoms with Crippen LogP contribution < -0.4 is 10.9 Å². The summed E-state index contributed by atoms with van der Waals surface area (Å²) in [4.78, 5) is 18.4. The fourth-order valence-corrected chi connectivity index (χ4v) is 1.88. The molecule has 1 aromatic heterocycles. The molecular weight excluding hydrogens is 262 g/mol. The summed E-state index contributed by atoms with van der Waals surface area (Å²) in [6, 6.07) is 9.24. The summed E-state index contributed by atoms with van der Waals surface area (Å²) in [5.74, 6) is 0.526. The van der Waals surface area contributed by atoms with Crippen LogP contribution in [0.1, 0.15) is 18.2 Å². The van der Waals surface area contributed by atoms with Gasteiger partial charge in [-0.05, 0) is 30.5 Å². The zero-order valence-electron chi connectivity index (χ0n) is 10.7. The summed E-state index contributed by atoms with van der Waals surface area (Å²) in [6.45, 7) is 2.68. The highest BCUT2D eigenvalue weighted by Crippen LogP contribution is 2.10. The molecule has 1 heterocycles. The SMILES string of the molecule is CCc1cc(=O)[nH]c(NCCc2ccc(Cl)cc2)n1. The summed E-state index contributed by atoms with van der Waals surface area (Å²) < 4.78 is 0. The zero-order valence-corrected chi connectivity index (χ0v) is 11.5. The van der Waals surface area contributed by atoms with Crippen molar-refractivity contribution < 1.29 is 0 Å². The van der Waals surface area contributed by atoms with Crippen molar-refractivity contribution in [3.8, 4) is 0 Å². The highest BCUT2D eigenvalue weighted by molar-refractivity contribution is 6.30. The molecule has 0 bridgehead atoms. The van der Waals surface area contributed by atoms with Crippen LogP contribution in [0.4, 0.5) is 5.95 Å². The number of aryl methyl sites for hydroxylation is 1. The monoisotopic (exact) mass is 277 g/mol. The van der Waals surface area contributed by atoms with E-state index in [1.807, 2.05) is 31.2 Å². The van der Waals surface area contributed by atoms with Crippen molar-refractivity contribution in [2.75, 3.05) is 11.9 Å². The van der Waals surface area contributed by atoms with Crippen molar-refractivity contribution in [1.29, 1.82) is 0 Å². The van der Waals surface area contributed by atoms with Crippen LogP contribution in [0.15, 0.2) is 35.1 Å². The van der Waals surface area contributed by atoms with Gasteiger partial charge in [-0.3, -0.25) is 9.78 Å². The van der Waals surface area contributed by atoms with Gasteiger partial charge in [-0.25, -0.2) is 4.98 Å². The van der Waals surface area contributed by atoms with Crippen LogP contribution in [0.2, 0.25) is 5.02 Å². The summed E-state index contributed by atoms with van der Waals surface area (Å²) in [5, 5.41) is 3.86. The Morgan fingerprint density at radius 1 is 1.32 bits per heavy atom. The van der Waals surface area contributed by atoms with Gasteiger partial charge in [0.1, 0.15) is 0 Å². The lowest BCUT2D eigenvalue weighted by Crippen LogP contribution is -2.15. The van der Waals surface area contributed by atoms with Crippen LogP contribution in [0.25, 0.3) is 0 Å². The normalized spacial score (nSPS) is 10.4. The van der Waals surface area contributed by atoms with E-state index in [1.165, 1.54) is 11.6 Å². The van der Waals surface area contributed by atoms with Gasteiger partial charge in [-0.2, -0.15) is 0 Å². The molecule has 100 valence electrons. The number of halogens is 1. The summed E-state index contributed by atoms with van der Waals surface area (Å²) in [6.07, 6.45) is 1.59. The first kappa shape index (κ1) is 13.6. The van der Waals surface area contributed by atoms with Gasteiger partial charge in [0.15, 0.2) is 0 Å². The number of benzene rings is 1. The minimum Gasteiger partial charge on any atom is -0.355 e. The van der Waals surface area contributed by atoms with Crippen molar-refractivity contribution in [2.45, 2.75) is 19.8 Å². The minimum atomic E-state index is -0.124. The van der Waals surface area contributed by atoms with Crippen molar-refractivity contribution >= 4 is 17.5 Å². The topological polar surface area (TPSA) is 57.8 Å². The molecule has 4 nitrogen and oxygen atoms in total. The number of hydrogen-bond acceptors (Lipinski definition) is 3. The number of nitrogens with zero attached hydrogens (tertiary/aromatic N) is 1. The summed E-state index contributed by atoms with van der Waals surface area (Å²) in [5.41, 5.74) is 1.85. The third kappa shape index (κ3) is 4.10. The molecule has 0 spiro atoms. The van der Waals surface area contributed by atoms with E-state index in [1.54, 1.807) is 0 Å². The van der Waals surface area contributed by atoms with Crippen molar-refractivity contribution in [1.82, 2.24) is 9.97 Å². The molecular formula is C14H16ClN3O. The number of aromatic amines is 1. The fourth-order valence-electron chi connectivity index (χ4n) is 1.75. The van der Waals surface area contributed by atoms with Gasteiger partial charge >= 0.3 is 0 Å². The van der Waals surface area contributed by atoms with Crippen LogP contribution in [-0.2, 0) is 12.8 Å². The second-order valence-electron chi connectivity index (χ2n) is 4.24. The minimum absolute atomic E-state index is 0.124. The first-order chi connectivity index (χ1) is 9.17. The number of nitrogens with one attached hydrogen (secondary N) is 2. The standard InChI is InChI=1S/C14H16ClN3O/c1-2-12-9-13(19)18-14(17-12)16-8-7-10-3-5-11(15)6-4-10/h3-6,9H,2,7-8H2,1H3,(H2,16,17,18,19). The molecule has 0 saturated carbocycles. The van der Waals surface area contributed by atoms with E-state index >= 15 is 0 Å². The molecule has 0 atom stereocenters. The molecule has 0 unspecified atom stereocenters. The maximum absolute atomic E-state index is 11.4. The van der Waals surface area contributed by atoms with Gasteiger partial charge in [0.05, 0.1) is 0 Å². The van der Waals surface area contributed by atoms with Crippen molar-refractivity contribution in [3.63, 3.8) is 0 Å². The van der Waals surface area contributed by atoms with Gasteiger partial charge in [-0.15, -0.1) is 0 Å². The highest BCUT2D eigenvalue weighted by atomic mass is 35.5. The summed E-state index contributed by atoms with van der Waals surface area (Å²) >= 11 is 5.83. The third-order valence-electron chi connectivity index (χ3n) is 2.78. The van der Waals surface area contributed by atoms with Gasteiger partial charge < -0.3 is 5.32 Å². The smallest absolute Gasteiger partial charge is 0.252 e. The predicted octanol–water partition coefficient (Wildman–Crippen LogP) is 2.64. The van der Waals surface area contributed by atoms with E-state index in [-0.39, 0.29) is 5.56 Å². The molecule has 0 radical (unpaired) electrons. The largest absolute Gasteiger partial charge is 0.355 e. The maximum atomic E-state index is 11.4. The molecule has 2 rings (SSSR count). The average Bonchev–Trinajstić information content (AvgIpc) is 2.40. The number of rotatable bonds is 5. The predicted molar refractivity (Wildman–Crippen MR) is 77.9 cm³/mol. The van der Waals surface area contributed by atoms with Gasteiger partial charge in [-0.1, -0.05) is 30.7 Å². The number of anilines is 1. The van der Waals surface area contributed by atoms with E-state index in [2.05, 4.69) is 15.3 Å². The molecule has 0 aliphatic heterocycles. The number of H-pyrrole nitrogens is 1. The molecule has 2 aromatic rings. The van der Waals surface area contributed by atoms with Crippen LogP contribution >= 0.6 is 11.6 Å². The molecule has 19 heavy (non-hydrogen) atoms. The van der Waals surface area contributed by atoms with E-state index < -0.39 is 0 Å². The molecule has 0 aliphatic rings. The van der Waals surface area contributed by atoms with E-state index in [9.17, 15) is 4.79 Å². The second kappa shape index (κ2) is 6.38. The molecule has 5 heteroatoms. The third-order valence-corrected chi connectivity index (χ3v) is 3.03. The van der Waals surface area contributed by atoms with Crippen LogP contribution in [0.3, 0.4) is 0 Å². The Kier molecular flexibility index (Phi) is 4.58. The van der Waals surface area contributed by atoms with E-state index in [0.29, 0.717) is 12.5 Å². The molecule has 1 aromatic carbocycles. The molecule has 2 N–H and O–H groups in total. The van der Waals surface area contributed by atoms with Crippen molar-refractivity contribution in [3.05, 3.63) is 57.0 Å². The quantitative estimate of drug-likeness (QED) is 0.883. The van der Waals surface area contributed by atoms with Gasteiger partial charge in [0, 0.05) is 23.3 Å². The number of hydrogen-bond donors (Lipinski definition) is 2. The molecule has 0 amide bonds. The Morgan fingerprint density at radius 3 is 2.74 bits per heavy atom. The lowest BCUT2D eigenvalue weighted by atomic mass is 10.1. The highest BCUT2D eigenvalue weighted by Gasteiger charge is 1.99. The lowest BCUT2D eigenvalue weighted by Gasteiger charge is -2.06.